The van der Waals surface area contributed by atoms with Crippen molar-refractivity contribution in [1.29, 1.82) is 5.26 Å². The molecule has 0 fully saturated rings. The minimum atomic E-state index is -0.220. The molecular weight excluding hydrogens is 271 g/mol. The third kappa shape index (κ3) is 3.92. The van der Waals surface area contributed by atoms with Crippen molar-refractivity contribution in [2.24, 2.45) is 0 Å². The molecule has 1 rings (SSSR count). The highest BCUT2D eigenvalue weighted by atomic mass is 79.9. The van der Waals surface area contributed by atoms with Crippen molar-refractivity contribution in [3.8, 4) is 6.07 Å². The number of benzene rings is 1. The number of halogens is 2. The van der Waals surface area contributed by atoms with Crippen molar-refractivity contribution in [3.05, 3.63) is 34.1 Å². The van der Waals surface area contributed by atoms with Crippen LogP contribution in [0.1, 0.15) is 25.3 Å². The van der Waals surface area contributed by atoms with Crippen LogP contribution in [0.5, 0.6) is 0 Å². The van der Waals surface area contributed by atoms with Gasteiger partial charge in [0.25, 0.3) is 0 Å². The molecule has 86 valence electrons. The summed E-state index contributed by atoms with van der Waals surface area (Å²) in [6.45, 7) is 2.46. The summed E-state index contributed by atoms with van der Waals surface area (Å²) in [6.07, 6.45) is 1.31. The summed E-state index contributed by atoms with van der Waals surface area (Å²) in [7, 11) is 0. The third-order valence-corrected chi connectivity index (χ3v) is 2.91. The van der Waals surface area contributed by atoms with Gasteiger partial charge in [-0.1, -0.05) is 22.9 Å². The SMILES string of the molecule is CCC(CC#N)NCc1cc(Br)ccc1F. The Balaban J connectivity index is 2.60. The predicted octanol–water partition coefficient (Wildman–Crippen LogP) is 3.37. The Labute approximate surface area is 104 Å². The largest absolute Gasteiger partial charge is 0.309 e. The van der Waals surface area contributed by atoms with Crippen LogP contribution in [0, 0.1) is 17.1 Å². The van der Waals surface area contributed by atoms with Crippen LogP contribution in [-0.2, 0) is 6.54 Å². The first-order chi connectivity index (χ1) is 7.67. The standard InChI is InChI=1S/C12H14BrFN2/c1-2-11(5-6-15)16-8-9-7-10(13)3-4-12(9)14/h3-4,7,11,16H,2,5,8H2,1H3. The quantitative estimate of drug-likeness (QED) is 0.900. The molecule has 1 atom stereocenters. The lowest BCUT2D eigenvalue weighted by atomic mass is 10.1. The molecule has 1 N–H and O–H groups in total. The first kappa shape index (κ1) is 13.1. The number of nitriles is 1. The van der Waals surface area contributed by atoms with Gasteiger partial charge in [-0.3, -0.25) is 0 Å². The lowest BCUT2D eigenvalue weighted by Gasteiger charge is -2.13. The van der Waals surface area contributed by atoms with E-state index in [1.165, 1.54) is 6.07 Å². The predicted molar refractivity (Wildman–Crippen MR) is 65.2 cm³/mol. The fraction of sp³-hybridized carbons (Fsp3) is 0.417. The van der Waals surface area contributed by atoms with Gasteiger partial charge in [-0.05, 0) is 24.6 Å². The Kier molecular flexibility index (Phi) is 5.44. The molecule has 0 radical (unpaired) electrons. The molecule has 1 aromatic rings. The molecule has 0 aromatic heterocycles. The fourth-order valence-corrected chi connectivity index (χ4v) is 1.81. The van der Waals surface area contributed by atoms with Crippen molar-refractivity contribution in [1.82, 2.24) is 5.32 Å². The van der Waals surface area contributed by atoms with Crippen LogP contribution in [0.25, 0.3) is 0 Å². The zero-order chi connectivity index (χ0) is 12.0. The van der Waals surface area contributed by atoms with Crippen molar-refractivity contribution >= 4 is 15.9 Å². The second-order valence-electron chi connectivity index (χ2n) is 3.58. The number of hydrogen-bond acceptors (Lipinski definition) is 2. The summed E-state index contributed by atoms with van der Waals surface area (Å²) in [5.41, 5.74) is 0.616. The van der Waals surface area contributed by atoms with Gasteiger partial charge in [-0.15, -0.1) is 0 Å². The minimum absolute atomic E-state index is 0.128. The maximum absolute atomic E-state index is 13.4. The van der Waals surface area contributed by atoms with Gasteiger partial charge in [0.15, 0.2) is 0 Å². The van der Waals surface area contributed by atoms with E-state index in [-0.39, 0.29) is 11.9 Å². The number of nitrogens with zero attached hydrogens (tertiary/aromatic N) is 1. The molecule has 16 heavy (non-hydrogen) atoms. The van der Waals surface area contributed by atoms with Crippen molar-refractivity contribution < 1.29 is 4.39 Å². The summed E-state index contributed by atoms with van der Waals surface area (Å²) < 4.78 is 14.2. The number of rotatable bonds is 5. The second kappa shape index (κ2) is 6.62. The molecule has 0 bridgehead atoms. The van der Waals surface area contributed by atoms with Crippen LogP contribution in [0.2, 0.25) is 0 Å². The number of hydrogen-bond donors (Lipinski definition) is 1. The van der Waals surface area contributed by atoms with Gasteiger partial charge in [0.1, 0.15) is 5.82 Å². The Morgan fingerprint density at radius 3 is 2.94 bits per heavy atom. The van der Waals surface area contributed by atoms with E-state index in [1.807, 2.05) is 6.92 Å². The van der Waals surface area contributed by atoms with E-state index >= 15 is 0 Å². The second-order valence-corrected chi connectivity index (χ2v) is 4.50. The molecule has 0 saturated heterocycles. The Morgan fingerprint density at radius 1 is 1.56 bits per heavy atom. The molecule has 2 nitrogen and oxygen atoms in total. The van der Waals surface area contributed by atoms with E-state index in [9.17, 15) is 4.39 Å². The maximum Gasteiger partial charge on any atom is 0.127 e. The first-order valence-corrected chi connectivity index (χ1v) is 6.01. The van der Waals surface area contributed by atoms with E-state index in [1.54, 1.807) is 12.1 Å². The van der Waals surface area contributed by atoms with Crippen LogP contribution >= 0.6 is 15.9 Å². The Morgan fingerprint density at radius 2 is 2.31 bits per heavy atom. The van der Waals surface area contributed by atoms with Crippen LogP contribution in [0.4, 0.5) is 4.39 Å². The molecule has 1 unspecified atom stereocenters. The highest BCUT2D eigenvalue weighted by Gasteiger charge is 2.07. The minimum Gasteiger partial charge on any atom is -0.309 e. The van der Waals surface area contributed by atoms with Gasteiger partial charge < -0.3 is 5.32 Å². The van der Waals surface area contributed by atoms with Crippen molar-refractivity contribution in [3.63, 3.8) is 0 Å². The molecule has 0 heterocycles. The van der Waals surface area contributed by atoms with E-state index in [0.717, 1.165) is 10.9 Å². The zero-order valence-electron chi connectivity index (χ0n) is 9.13. The van der Waals surface area contributed by atoms with Gasteiger partial charge in [0, 0.05) is 22.6 Å². The summed E-state index contributed by atoms with van der Waals surface area (Å²) in [5, 5.41) is 11.8. The van der Waals surface area contributed by atoms with E-state index in [2.05, 4.69) is 27.3 Å². The maximum atomic E-state index is 13.4. The Hall–Kier alpha value is -0.920. The van der Waals surface area contributed by atoms with Crippen LogP contribution in [-0.4, -0.2) is 6.04 Å². The topological polar surface area (TPSA) is 35.8 Å². The van der Waals surface area contributed by atoms with Gasteiger partial charge in [-0.25, -0.2) is 4.39 Å². The van der Waals surface area contributed by atoms with Crippen LogP contribution in [0.3, 0.4) is 0 Å². The van der Waals surface area contributed by atoms with Gasteiger partial charge >= 0.3 is 0 Å². The highest BCUT2D eigenvalue weighted by Crippen LogP contribution is 2.15. The molecule has 1 aromatic carbocycles. The molecule has 0 saturated carbocycles. The van der Waals surface area contributed by atoms with Crippen LogP contribution < -0.4 is 5.32 Å². The summed E-state index contributed by atoms with van der Waals surface area (Å²) in [4.78, 5) is 0. The lowest BCUT2D eigenvalue weighted by molar-refractivity contribution is 0.493. The van der Waals surface area contributed by atoms with Crippen LogP contribution in [0.15, 0.2) is 22.7 Å². The highest BCUT2D eigenvalue weighted by molar-refractivity contribution is 9.10. The van der Waals surface area contributed by atoms with E-state index < -0.39 is 0 Å². The molecule has 0 aliphatic carbocycles. The molecule has 0 spiro atoms. The summed E-state index contributed by atoms with van der Waals surface area (Å²) in [5.74, 6) is -0.220. The third-order valence-electron chi connectivity index (χ3n) is 2.42. The smallest absolute Gasteiger partial charge is 0.127 e. The van der Waals surface area contributed by atoms with E-state index in [4.69, 9.17) is 5.26 Å². The Bertz CT molecular complexity index is 387. The molecule has 0 amide bonds. The monoisotopic (exact) mass is 284 g/mol. The lowest BCUT2D eigenvalue weighted by Crippen LogP contribution is -2.27. The average Bonchev–Trinajstić information content (AvgIpc) is 2.28. The summed E-state index contributed by atoms with van der Waals surface area (Å²) in [6, 6.07) is 7.10. The van der Waals surface area contributed by atoms with Crippen molar-refractivity contribution in [2.45, 2.75) is 32.4 Å². The molecule has 0 aliphatic rings. The zero-order valence-corrected chi connectivity index (χ0v) is 10.7. The fourth-order valence-electron chi connectivity index (χ4n) is 1.40. The first-order valence-electron chi connectivity index (χ1n) is 5.21. The van der Waals surface area contributed by atoms with Gasteiger partial charge in [0.05, 0.1) is 12.5 Å². The van der Waals surface area contributed by atoms with E-state index in [0.29, 0.717) is 18.5 Å². The molecule has 4 heteroatoms. The molecular formula is C12H14BrFN2. The summed E-state index contributed by atoms with van der Waals surface area (Å²) >= 11 is 3.30. The number of nitrogens with one attached hydrogen (secondary N) is 1. The van der Waals surface area contributed by atoms with Crippen molar-refractivity contribution in [2.75, 3.05) is 0 Å². The molecule has 0 aliphatic heterocycles. The van der Waals surface area contributed by atoms with Gasteiger partial charge in [-0.2, -0.15) is 5.26 Å². The van der Waals surface area contributed by atoms with Gasteiger partial charge in [0.2, 0.25) is 0 Å². The normalized spacial score (nSPS) is 12.1. The average molecular weight is 285 g/mol.